The molecule has 0 spiro atoms. The Labute approximate surface area is 223 Å². The zero-order chi connectivity index (χ0) is 27.4. The lowest BCUT2D eigenvalue weighted by Crippen LogP contribution is -2.54. The van der Waals surface area contributed by atoms with Crippen LogP contribution in [-0.2, 0) is 0 Å². The summed E-state index contributed by atoms with van der Waals surface area (Å²) in [6.45, 7) is 1.57. The zero-order valence-corrected chi connectivity index (χ0v) is 21.2. The molecule has 1 saturated heterocycles. The van der Waals surface area contributed by atoms with Gasteiger partial charge in [0.2, 0.25) is 0 Å². The number of ether oxygens (including phenoxy) is 1. The molecule has 1 saturated carbocycles. The molecule has 1 aromatic heterocycles. The number of hydrogen-bond acceptors (Lipinski definition) is 7. The molecule has 1 aliphatic carbocycles. The van der Waals surface area contributed by atoms with Gasteiger partial charge in [-0.3, -0.25) is 0 Å². The van der Waals surface area contributed by atoms with Crippen molar-refractivity contribution < 1.29 is 26.7 Å². The summed E-state index contributed by atoms with van der Waals surface area (Å²) in [5, 5.41) is 16.2. The molecule has 3 aromatic rings. The summed E-state index contributed by atoms with van der Waals surface area (Å²) >= 11 is 0. The average Bonchev–Trinajstić information content (AvgIpc) is 3.38. The van der Waals surface area contributed by atoms with Gasteiger partial charge in [-0.2, -0.15) is 5.26 Å². The fourth-order valence-corrected chi connectivity index (χ4v) is 5.40. The highest BCUT2D eigenvalue weighted by molar-refractivity contribution is 5.58. The number of nitrogens with zero attached hydrogens (tertiary/aromatic N) is 3. The molecule has 2 fully saturated rings. The van der Waals surface area contributed by atoms with Crippen molar-refractivity contribution in [2.45, 2.75) is 63.0 Å². The second-order valence-corrected chi connectivity index (χ2v) is 9.97. The summed E-state index contributed by atoms with van der Waals surface area (Å²) in [6, 6.07) is 12.9. The predicted molar refractivity (Wildman–Crippen MR) is 138 cm³/mol. The molecular weight excluding hydrogens is 514 g/mol. The third-order valence-electron chi connectivity index (χ3n) is 7.26. The summed E-state index contributed by atoms with van der Waals surface area (Å²) in [5.41, 5.74) is 1.41. The maximum Gasteiger partial charge on any atom is 0.573 e. The van der Waals surface area contributed by atoms with Crippen molar-refractivity contribution in [3.63, 3.8) is 0 Å². The second-order valence-electron chi connectivity index (χ2n) is 9.97. The summed E-state index contributed by atoms with van der Waals surface area (Å²) in [7, 11) is 0. The lowest BCUT2D eigenvalue weighted by atomic mass is 9.89. The minimum atomic E-state index is -4.74. The van der Waals surface area contributed by atoms with E-state index in [1.807, 2.05) is 6.07 Å². The number of nitrogens with one attached hydrogen (secondary N) is 2. The number of aromatic nitrogens is 1. The molecule has 7 nitrogen and oxygen atoms in total. The van der Waals surface area contributed by atoms with Crippen molar-refractivity contribution in [3.05, 3.63) is 60.0 Å². The number of anilines is 2. The minimum Gasteiger partial charge on any atom is -0.424 e. The number of halogens is 4. The monoisotopic (exact) mass is 543 g/mol. The second kappa shape index (κ2) is 11.5. The largest absolute Gasteiger partial charge is 0.573 e. The van der Waals surface area contributed by atoms with Gasteiger partial charge in [-0.15, -0.1) is 13.2 Å². The van der Waals surface area contributed by atoms with Gasteiger partial charge in [0.25, 0.3) is 6.01 Å². The number of alkyl halides is 3. The van der Waals surface area contributed by atoms with Crippen LogP contribution in [0.15, 0.2) is 53.1 Å². The van der Waals surface area contributed by atoms with Gasteiger partial charge in [-0.1, -0.05) is 12.8 Å². The molecule has 0 bridgehead atoms. The Morgan fingerprint density at radius 1 is 1.03 bits per heavy atom. The average molecular weight is 544 g/mol. The van der Waals surface area contributed by atoms with Crippen molar-refractivity contribution in [2.24, 2.45) is 0 Å². The van der Waals surface area contributed by atoms with Gasteiger partial charge in [0.05, 0.1) is 11.8 Å². The van der Waals surface area contributed by atoms with E-state index in [1.165, 1.54) is 36.4 Å². The Morgan fingerprint density at radius 2 is 1.79 bits per heavy atom. The number of piperidine rings is 1. The van der Waals surface area contributed by atoms with Crippen LogP contribution in [0.3, 0.4) is 0 Å². The van der Waals surface area contributed by atoms with Crippen molar-refractivity contribution in [1.82, 2.24) is 10.3 Å². The van der Waals surface area contributed by atoms with Gasteiger partial charge in [0.1, 0.15) is 17.6 Å². The van der Waals surface area contributed by atoms with Crippen LogP contribution >= 0.6 is 0 Å². The summed E-state index contributed by atoms with van der Waals surface area (Å²) < 4.78 is 61.2. The van der Waals surface area contributed by atoms with E-state index in [-0.39, 0.29) is 29.4 Å². The highest BCUT2D eigenvalue weighted by atomic mass is 19.4. The molecule has 1 aliphatic heterocycles. The number of nitriles is 1. The van der Waals surface area contributed by atoms with E-state index in [9.17, 15) is 17.6 Å². The fourth-order valence-electron chi connectivity index (χ4n) is 5.40. The van der Waals surface area contributed by atoms with Gasteiger partial charge in [0.15, 0.2) is 5.76 Å². The molecule has 3 atom stereocenters. The van der Waals surface area contributed by atoms with Crippen LogP contribution in [0.4, 0.5) is 29.3 Å². The summed E-state index contributed by atoms with van der Waals surface area (Å²) in [5.74, 6) is -0.364. The first kappa shape index (κ1) is 26.8. The van der Waals surface area contributed by atoms with E-state index in [1.54, 1.807) is 12.3 Å². The smallest absolute Gasteiger partial charge is 0.424 e. The first-order valence-corrected chi connectivity index (χ1v) is 13.1. The lowest BCUT2D eigenvalue weighted by Gasteiger charge is -2.40. The van der Waals surface area contributed by atoms with E-state index in [4.69, 9.17) is 9.68 Å². The predicted octanol–water partition coefficient (Wildman–Crippen LogP) is 6.23. The molecule has 2 heterocycles. The molecule has 11 heteroatoms. The van der Waals surface area contributed by atoms with Gasteiger partial charge >= 0.3 is 6.36 Å². The lowest BCUT2D eigenvalue weighted by molar-refractivity contribution is -0.274. The molecule has 2 aliphatic rings. The minimum absolute atomic E-state index is 0.0451. The highest BCUT2D eigenvalue weighted by Gasteiger charge is 2.32. The Balaban J connectivity index is 1.20. The maximum absolute atomic E-state index is 14.2. The first-order chi connectivity index (χ1) is 18.8. The topological polar surface area (TPSA) is 86.4 Å². The standard InChI is InChI=1S/C28H29F4N5O2/c29-23-14-21(10-7-19(23)15-33)37-13-3-4-20(17-37)35-24-5-1-2-6-25(24)36-27-34-16-26(38-27)18-8-11-22(12-9-18)39-28(30,31)32/h7-12,14,16,20,24-25,35H,1-6,13,17H2,(H,34,36). The van der Waals surface area contributed by atoms with Crippen molar-refractivity contribution in [1.29, 1.82) is 5.26 Å². The number of hydrogen-bond donors (Lipinski definition) is 2. The van der Waals surface area contributed by atoms with Crippen LogP contribution in [0.1, 0.15) is 44.1 Å². The highest BCUT2D eigenvalue weighted by Crippen LogP contribution is 2.30. The van der Waals surface area contributed by atoms with E-state index >= 15 is 0 Å². The van der Waals surface area contributed by atoms with Crippen LogP contribution in [0.2, 0.25) is 0 Å². The normalized spacial score (nSPS) is 21.8. The summed E-state index contributed by atoms with van der Waals surface area (Å²) in [6.07, 6.45) is 2.90. The fraction of sp³-hybridized carbons (Fsp3) is 0.429. The van der Waals surface area contributed by atoms with Gasteiger partial charge in [0, 0.05) is 42.5 Å². The molecule has 3 unspecified atom stereocenters. The van der Waals surface area contributed by atoms with Crippen molar-refractivity contribution in [3.8, 4) is 23.1 Å². The first-order valence-electron chi connectivity index (χ1n) is 13.1. The van der Waals surface area contributed by atoms with Crippen LogP contribution in [0.25, 0.3) is 11.3 Å². The number of rotatable bonds is 7. The van der Waals surface area contributed by atoms with Crippen molar-refractivity contribution >= 4 is 11.7 Å². The third kappa shape index (κ3) is 6.81. The van der Waals surface area contributed by atoms with Gasteiger partial charge in [-0.05, 0) is 68.1 Å². The maximum atomic E-state index is 14.2. The SMILES string of the molecule is N#Cc1ccc(N2CCCC(NC3CCCCC3Nc3ncc(-c4ccc(OC(F)(F)F)cc4)o3)C2)cc1F. The molecule has 0 radical (unpaired) electrons. The Bertz CT molecular complexity index is 1300. The number of benzene rings is 2. The van der Waals surface area contributed by atoms with Crippen LogP contribution in [0.5, 0.6) is 5.75 Å². The van der Waals surface area contributed by atoms with Gasteiger partial charge in [-0.25, -0.2) is 9.37 Å². The van der Waals surface area contributed by atoms with Crippen LogP contribution < -0.4 is 20.3 Å². The zero-order valence-electron chi connectivity index (χ0n) is 21.2. The van der Waals surface area contributed by atoms with E-state index in [2.05, 4.69) is 25.3 Å². The third-order valence-corrected chi connectivity index (χ3v) is 7.26. The molecule has 2 aromatic carbocycles. The van der Waals surface area contributed by atoms with E-state index < -0.39 is 12.2 Å². The van der Waals surface area contributed by atoms with Crippen molar-refractivity contribution in [2.75, 3.05) is 23.3 Å². The summed E-state index contributed by atoms with van der Waals surface area (Å²) in [4.78, 5) is 6.50. The van der Waals surface area contributed by atoms with E-state index in [0.717, 1.165) is 57.3 Å². The molecule has 0 amide bonds. The Hall–Kier alpha value is -3.78. The number of oxazole rings is 1. The van der Waals surface area contributed by atoms with Crippen LogP contribution in [-0.4, -0.2) is 42.6 Å². The molecule has 2 N–H and O–H groups in total. The van der Waals surface area contributed by atoms with E-state index in [0.29, 0.717) is 17.3 Å². The van der Waals surface area contributed by atoms with Crippen LogP contribution in [0, 0.1) is 17.1 Å². The van der Waals surface area contributed by atoms with Gasteiger partial charge < -0.3 is 24.7 Å². The Kier molecular flexibility index (Phi) is 7.93. The molecule has 39 heavy (non-hydrogen) atoms. The Morgan fingerprint density at radius 3 is 2.51 bits per heavy atom. The molecular formula is C28H29F4N5O2. The molecule has 206 valence electrons. The quantitative estimate of drug-likeness (QED) is 0.342. The molecule has 5 rings (SSSR count).